The highest BCUT2D eigenvalue weighted by molar-refractivity contribution is 4.86. The van der Waals surface area contributed by atoms with Crippen molar-refractivity contribution < 1.29 is 0 Å². The molecule has 3 nitrogen and oxygen atoms in total. The number of hydrogen-bond acceptors (Lipinski definition) is 3. The lowest BCUT2D eigenvalue weighted by Gasteiger charge is -2.35. The van der Waals surface area contributed by atoms with Crippen LogP contribution in [0.1, 0.15) is 12.8 Å². The van der Waals surface area contributed by atoms with E-state index in [4.69, 9.17) is 6.42 Å². The molecule has 15 heavy (non-hydrogen) atoms. The molecule has 0 radical (unpaired) electrons. The van der Waals surface area contributed by atoms with Crippen molar-refractivity contribution in [3.8, 4) is 12.3 Å². The molecule has 0 aromatic heterocycles. The van der Waals surface area contributed by atoms with Crippen LogP contribution >= 0.6 is 0 Å². The summed E-state index contributed by atoms with van der Waals surface area (Å²) in [7, 11) is 4.41. The lowest BCUT2D eigenvalue weighted by atomic mass is 10.1. The highest BCUT2D eigenvalue weighted by Crippen LogP contribution is 2.12. The lowest BCUT2D eigenvalue weighted by Crippen LogP contribution is -2.46. The third-order valence-electron chi connectivity index (χ3n) is 3.09. The normalized spacial score (nSPS) is 22.9. The topological polar surface area (TPSA) is 18.5 Å². The van der Waals surface area contributed by atoms with Gasteiger partial charge in [-0.25, -0.2) is 0 Å². The van der Waals surface area contributed by atoms with Gasteiger partial charge in [0.05, 0.1) is 6.54 Å². The second-order valence-corrected chi connectivity index (χ2v) is 4.42. The zero-order valence-corrected chi connectivity index (χ0v) is 10.00. The summed E-state index contributed by atoms with van der Waals surface area (Å²) >= 11 is 0. The van der Waals surface area contributed by atoms with Gasteiger partial charge in [0.25, 0.3) is 0 Å². The second-order valence-electron chi connectivity index (χ2n) is 4.42. The van der Waals surface area contributed by atoms with E-state index in [1.54, 1.807) is 0 Å². The SMILES string of the molecule is C#CCNCCN(C)C1CCCN(C)C1. The highest BCUT2D eigenvalue weighted by atomic mass is 15.2. The van der Waals surface area contributed by atoms with Crippen molar-refractivity contribution in [1.29, 1.82) is 0 Å². The summed E-state index contributed by atoms with van der Waals surface area (Å²) in [6.07, 6.45) is 7.83. The zero-order valence-electron chi connectivity index (χ0n) is 10.00. The standard InChI is InChI=1S/C12H23N3/c1-4-7-13-8-10-15(3)12-6-5-9-14(2)11-12/h1,12-13H,5-11H2,2-3H3. The Hall–Kier alpha value is -0.560. The van der Waals surface area contributed by atoms with Crippen LogP contribution in [0.15, 0.2) is 0 Å². The minimum atomic E-state index is 0.679. The van der Waals surface area contributed by atoms with Crippen molar-refractivity contribution in [3.05, 3.63) is 0 Å². The monoisotopic (exact) mass is 209 g/mol. The first kappa shape index (κ1) is 12.5. The molecule has 1 aliphatic heterocycles. The fourth-order valence-corrected chi connectivity index (χ4v) is 2.10. The average Bonchev–Trinajstić information content (AvgIpc) is 2.24. The summed E-state index contributed by atoms with van der Waals surface area (Å²) in [5.41, 5.74) is 0. The van der Waals surface area contributed by atoms with Crippen LogP contribution in [-0.2, 0) is 0 Å². The van der Waals surface area contributed by atoms with Gasteiger partial charge in [-0.15, -0.1) is 6.42 Å². The van der Waals surface area contributed by atoms with E-state index in [9.17, 15) is 0 Å². The second kappa shape index (κ2) is 6.84. The molecule has 1 N–H and O–H groups in total. The fourth-order valence-electron chi connectivity index (χ4n) is 2.10. The Morgan fingerprint density at radius 3 is 3.07 bits per heavy atom. The number of hydrogen-bond donors (Lipinski definition) is 1. The van der Waals surface area contributed by atoms with Gasteiger partial charge in [-0.05, 0) is 33.5 Å². The lowest BCUT2D eigenvalue weighted by molar-refractivity contribution is 0.135. The minimum Gasteiger partial charge on any atom is -0.305 e. The van der Waals surface area contributed by atoms with Gasteiger partial charge in [-0.1, -0.05) is 5.92 Å². The summed E-state index contributed by atoms with van der Waals surface area (Å²) in [6, 6.07) is 0.719. The van der Waals surface area contributed by atoms with Crippen molar-refractivity contribution in [2.24, 2.45) is 0 Å². The Balaban J connectivity index is 2.15. The molecule has 1 aliphatic rings. The van der Waals surface area contributed by atoms with Gasteiger partial charge in [-0.3, -0.25) is 0 Å². The van der Waals surface area contributed by atoms with Gasteiger partial charge in [0, 0.05) is 25.7 Å². The van der Waals surface area contributed by atoms with Gasteiger partial charge < -0.3 is 15.1 Å². The van der Waals surface area contributed by atoms with Crippen LogP contribution in [0.2, 0.25) is 0 Å². The number of terminal acetylenes is 1. The number of nitrogens with zero attached hydrogens (tertiary/aromatic N) is 2. The van der Waals surface area contributed by atoms with E-state index in [-0.39, 0.29) is 0 Å². The first-order chi connectivity index (χ1) is 7.24. The molecule has 1 unspecified atom stereocenters. The zero-order chi connectivity index (χ0) is 11.1. The third-order valence-corrected chi connectivity index (χ3v) is 3.09. The molecule has 1 atom stereocenters. The molecule has 0 saturated carbocycles. The summed E-state index contributed by atoms with van der Waals surface area (Å²) in [6.45, 7) is 5.20. The molecule has 1 fully saturated rings. The molecule has 0 amide bonds. The van der Waals surface area contributed by atoms with Crippen molar-refractivity contribution in [2.45, 2.75) is 18.9 Å². The Morgan fingerprint density at radius 1 is 1.60 bits per heavy atom. The van der Waals surface area contributed by atoms with Crippen LogP contribution in [0.4, 0.5) is 0 Å². The maximum absolute atomic E-state index is 5.17. The van der Waals surface area contributed by atoms with Crippen LogP contribution in [0.25, 0.3) is 0 Å². The van der Waals surface area contributed by atoms with E-state index in [0.29, 0.717) is 6.54 Å². The van der Waals surface area contributed by atoms with E-state index in [1.807, 2.05) is 0 Å². The predicted molar refractivity (Wildman–Crippen MR) is 64.9 cm³/mol. The Labute approximate surface area is 93.8 Å². The fraction of sp³-hybridized carbons (Fsp3) is 0.833. The number of piperidine rings is 1. The van der Waals surface area contributed by atoms with E-state index in [0.717, 1.165) is 19.1 Å². The molecule has 1 saturated heterocycles. The molecular weight excluding hydrogens is 186 g/mol. The molecule has 0 aromatic carbocycles. The predicted octanol–water partition coefficient (Wildman–Crippen LogP) is 0.235. The van der Waals surface area contributed by atoms with Crippen molar-refractivity contribution in [3.63, 3.8) is 0 Å². The Kier molecular flexibility index (Phi) is 5.70. The Morgan fingerprint density at radius 2 is 2.40 bits per heavy atom. The van der Waals surface area contributed by atoms with Crippen molar-refractivity contribution >= 4 is 0 Å². The number of nitrogens with one attached hydrogen (secondary N) is 1. The number of likely N-dealkylation sites (N-methyl/N-ethyl adjacent to an activating group) is 2. The molecule has 0 spiro atoms. The van der Waals surface area contributed by atoms with Gasteiger partial charge in [0.2, 0.25) is 0 Å². The molecule has 3 heteroatoms. The Bertz CT molecular complexity index is 209. The summed E-state index contributed by atoms with van der Waals surface area (Å²) in [4.78, 5) is 4.86. The maximum Gasteiger partial charge on any atom is 0.0574 e. The molecular formula is C12H23N3. The summed E-state index contributed by atoms with van der Waals surface area (Å²) in [5, 5.41) is 3.22. The first-order valence-electron chi connectivity index (χ1n) is 5.77. The number of likely N-dealkylation sites (tertiary alicyclic amines) is 1. The number of rotatable bonds is 5. The van der Waals surface area contributed by atoms with Gasteiger partial charge in [-0.2, -0.15) is 0 Å². The van der Waals surface area contributed by atoms with Gasteiger partial charge in [0.1, 0.15) is 0 Å². The van der Waals surface area contributed by atoms with Crippen molar-refractivity contribution in [1.82, 2.24) is 15.1 Å². The molecule has 0 bridgehead atoms. The molecule has 0 aliphatic carbocycles. The van der Waals surface area contributed by atoms with E-state index in [1.165, 1.54) is 25.9 Å². The maximum atomic E-state index is 5.17. The van der Waals surface area contributed by atoms with Crippen LogP contribution in [-0.4, -0.2) is 62.7 Å². The van der Waals surface area contributed by atoms with Crippen LogP contribution in [0, 0.1) is 12.3 Å². The van der Waals surface area contributed by atoms with E-state index in [2.05, 4.69) is 35.1 Å². The van der Waals surface area contributed by atoms with Crippen LogP contribution in [0.3, 0.4) is 0 Å². The van der Waals surface area contributed by atoms with E-state index < -0.39 is 0 Å². The van der Waals surface area contributed by atoms with Crippen LogP contribution < -0.4 is 5.32 Å². The quantitative estimate of drug-likeness (QED) is 0.517. The minimum absolute atomic E-state index is 0.679. The highest BCUT2D eigenvalue weighted by Gasteiger charge is 2.20. The van der Waals surface area contributed by atoms with Gasteiger partial charge in [0.15, 0.2) is 0 Å². The molecule has 0 aromatic rings. The largest absolute Gasteiger partial charge is 0.305 e. The summed E-state index contributed by atoms with van der Waals surface area (Å²) < 4.78 is 0. The molecule has 1 rings (SSSR count). The first-order valence-corrected chi connectivity index (χ1v) is 5.77. The average molecular weight is 209 g/mol. The third kappa shape index (κ3) is 4.65. The smallest absolute Gasteiger partial charge is 0.0574 e. The molecule has 1 heterocycles. The summed E-state index contributed by atoms with van der Waals surface area (Å²) in [5.74, 6) is 2.59. The molecule has 86 valence electrons. The van der Waals surface area contributed by atoms with E-state index >= 15 is 0 Å². The van der Waals surface area contributed by atoms with Crippen LogP contribution in [0.5, 0.6) is 0 Å². The van der Waals surface area contributed by atoms with Crippen molar-refractivity contribution in [2.75, 3.05) is 46.8 Å². The van der Waals surface area contributed by atoms with Gasteiger partial charge >= 0.3 is 0 Å².